The van der Waals surface area contributed by atoms with E-state index in [4.69, 9.17) is 0 Å². The van der Waals surface area contributed by atoms with Gasteiger partial charge in [-0.1, -0.05) is 26.7 Å². The van der Waals surface area contributed by atoms with Gasteiger partial charge in [0, 0.05) is 5.25 Å². The van der Waals surface area contributed by atoms with Crippen LogP contribution in [0.1, 0.15) is 39.5 Å². The van der Waals surface area contributed by atoms with E-state index in [-0.39, 0.29) is 0 Å². The van der Waals surface area contributed by atoms with Crippen LogP contribution in [-0.4, -0.2) is 11.0 Å². The standard InChI is InChI=1S/C9H18S/c1-3-5-8-7-10-9(8)6-4-2/h8-9H,3-7H2,1-2H3. The van der Waals surface area contributed by atoms with E-state index < -0.39 is 0 Å². The van der Waals surface area contributed by atoms with E-state index in [0.29, 0.717) is 0 Å². The second kappa shape index (κ2) is 4.27. The zero-order valence-electron chi connectivity index (χ0n) is 7.10. The molecule has 0 spiro atoms. The lowest BCUT2D eigenvalue weighted by Gasteiger charge is -2.35. The summed E-state index contributed by atoms with van der Waals surface area (Å²) in [6, 6.07) is 0. The maximum atomic E-state index is 2.30. The molecule has 0 aliphatic carbocycles. The van der Waals surface area contributed by atoms with E-state index in [1.807, 2.05) is 0 Å². The third-order valence-corrected chi connectivity index (χ3v) is 3.95. The molecule has 0 aromatic rings. The third-order valence-electron chi connectivity index (χ3n) is 2.28. The summed E-state index contributed by atoms with van der Waals surface area (Å²) >= 11 is 2.18. The minimum absolute atomic E-state index is 1.03. The molecule has 1 heteroatoms. The van der Waals surface area contributed by atoms with Crippen molar-refractivity contribution in [2.75, 3.05) is 5.75 Å². The largest absolute Gasteiger partial charge is 0.158 e. The first-order valence-corrected chi connectivity index (χ1v) is 5.55. The quantitative estimate of drug-likeness (QED) is 0.605. The number of hydrogen-bond acceptors (Lipinski definition) is 1. The van der Waals surface area contributed by atoms with Crippen LogP contribution in [0.5, 0.6) is 0 Å². The number of rotatable bonds is 4. The Morgan fingerprint density at radius 2 is 1.90 bits per heavy atom. The summed E-state index contributed by atoms with van der Waals surface area (Å²) < 4.78 is 0. The highest BCUT2D eigenvalue weighted by Crippen LogP contribution is 2.39. The Bertz CT molecular complexity index is 78.7. The van der Waals surface area contributed by atoms with Gasteiger partial charge in [-0.3, -0.25) is 0 Å². The van der Waals surface area contributed by atoms with Crippen LogP contribution in [0, 0.1) is 5.92 Å². The van der Waals surface area contributed by atoms with Gasteiger partial charge in [0.05, 0.1) is 0 Å². The maximum Gasteiger partial charge on any atom is 0.00831 e. The Kier molecular flexibility index (Phi) is 3.61. The summed E-state index contributed by atoms with van der Waals surface area (Å²) in [6.07, 6.45) is 5.68. The van der Waals surface area contributed by atoms with Gasteiger partial charge in [0.25, 0.3) is 0 Å². The molecule has 1 rings (SSSR count). The highest BCUT2D eigenvalue weighted by atomic mass is 32.2. The molecule has 0 aromatic carbocycles. The van der Waals surface area contributed by atoms with Crippen molar-refractivity contribution in [3.8, 4) is 0 Å². The summed E-state index contributed by atoms with van der Waals surface area (Å²) in [4.78, 5) is 0. The van der Waals surface area contributed by atoms with Crippen LogP contribution in [0.15, 0.2) is 0 Å². The van der Waals surface area contributed by atoms with E-state index >= 15 is 0 Å². The topological polar surface area (TPSA) is 0 Å². The second-order valence-electron chi connectivity index (χ2n) is 3.21. The van der Waals surface area contributed by atoms with Gasteiger partial charge in [-0.2, -0.15) is 11.8 Å². The molecule has 0 nitrogen and oxygen atoms in total. The van der Waals surface area contributed by atoms with Crippen molar-refractivity contribution in [3.05, 3.63) is 0 Å². The van der Waals surface area contributed by atoms with Crippen molar-refractivity contribution < 1.29 is 0 Å². The van der Waals surface area contributed by atoms with E-state index in [0.717, 1.165) is 11.2 Å². The summed E-state index contributed by atoms with van der Waals surface area (Å²) in [5, 5.41) is 1.03. The van der Waals surface area contributed by atoms with Crippen LogP contribution in [-0.2, 0) is 0 Å². The molecule has 0 N–H and O–H groups in total. The molecule has 0 radical (unpaired) electrons. The Balaban J connectivity index is 2.09. The van der Waals surface area contributed by atoms with Gasteiger partial charge in [0.2, 0.25) is 0 Å². The van der Waals surface area contributed by atoms with Crippen molar-refractivity contribution >= 4 is 11.8 Å². The van der Waals surface area contributed by atoms with Crippen LogP contribution in [0.3, 0.4) is 0 Å². The van der Waals surface area contributed by atoms with E-state index in [2.05, 4.69) is 25.6 Å². The molecule has 1 aliphatic rings. The van der Waals surface area contributed by atoms with Crippen LogP contribution in [0.4, 0.5) is 0 Å². The lowest BCUT2D eigenvalue weighted by atomic mass is 9.97. The fourth-order valence-corrected chi connectivity index (χ4v) is 3.05. The zero-order chi connectivity index (χ0) is 7.40. The lowest BCUT2D eigenvalue weighted by Crippen LogP contribution is -2.30. The van der Waals surface area contributed by atoms with Crippen molar-refractivity contribution in [1.29, 1.82) is 0 Å². The Hall–Kier alpha value is 0.350. The molecule has 1 heterocycles. The average Bonchev–Trinajstić information content (AvgIpc) is 1.93. The SMILES string of the molecule is CCCC1CSC1CCC. The van der Waals surface area contributed by atoms with Gasteiger partial charge < -0.3 is 0 Å². The normalized spacial score (nSPS) is 31.8. The predicted octanol–water partition coefficient (Wildman–Crippen LogP) is 3.32. The molecule has 10 heavy (non-hydrogen) atoms. The Labute approximate surface area is 68.8 Å². The molecule has 0 bridgehead atoms. The number of thioether (sulfide) groups is 1. The zero-order valence-corrected chi connectivity index (χ0v) is 7.91. The first-order chi connectivity index (χ1) is 4.88. The van der Waals surface area contributed by atoms with Crippen LogP contribution in [0.25, 0.3) is 0 Å². The number of hydrogen-bond donors (Lipinski definition) is 0. The monoisotopic (exact) mass is 158 g/mol. The van der Waals surface area contributed by atoms with Crippen LogP contribution >= 0.6 is 11.8 Å². The molecule has 0 aromatic heterocycles. The van der Waals surface area contributed by atoms with Crippen molar-refractivity contribution in [2.45, 2.75) is 44.8 Å². The molecule has 60 valence electrons. The molecule has 1 fully saturated rings. The fraction of sp³-hybridized carbons (Fsp3) is 1.00. The van der Waals surface area contributed by atoms with Gasteiger partial charge >= 0.3 is 0 Å². The molecular weight excluding hydrogens is 140 g/mol. The van der Waals surface area contributed by atoms with Crippen LogP contribution in [0.2, 0.25) is 0 Å². The molecule has 0 saturated carbocycles. The first-order valence-electron chi connectivity index (χ1n) is 4.50. The molecule has 0 amide bonds. The van der Waals surface area contributed by atoms with E-state index in [1.165, 1.54) is 31.4 Å². The molecule has 2 unspecified atom stereocenters. The molecular formula is C9H18S. The van der Waals surface area contributed by atoms with Gasteiger partial charge in [-0.15, -0.1) is 0 Å². The summed E-state index contributed by atoms with van der Waals surface area (Å²) in [5.74, 6) is 2.52. The van der Waals surface area contributed by atoms with E-state index in [1.54, 1.807) is 0 Å². The van der Waals surface area contributed by atoms with Gasteiger partial charge in [0.1, 0.15) is 0 Å². The molecule has 1 aliphatic heterocycles. The van der Waals surface area contributed by atoms with Crippen molar-refractivity contribution in [1.82, 2.24) is 0 Å². The maximum absolute atomic E-state index is 2.30. The van der Waals surface area contributed by atoms with Gasteiger partial charge in [0.15, 0.2) is 0 Å². The van der Waals surface area contributed by atoms with Crippen molar-refractivity contribution in [3.63, 3.8) is 0 Å². The summed E-state index contributed by atoms with van der Waals surface area (Å²) in [7, 11) is 0. The summed E-state index contributed by atoms with van der Waals surface area (Å²) in [5.41, 5.74) is 0. The smallest absolute Gasteiger partial charge is 0.00831 e. The summed E-state index contributed by atoms with van der Waals surface area (Å²) in [6.45, 7) is 4.59. The minimum atomic E-state index is 1.03. The third kappa shape index (κ3) is 1.91. The predicted molar refractivity (Wildman–Crippen MR) is 49.6 cm³/mol. The molecule has 2 atom stereocenters. The fourth-order valence-electron chi connectivity index (χ4n) is 1.61. The lowest BCUT2D eigenvalue weighted by molar-refractivity contribution is 0.457. The highest BCUT2D eigenvalue weighted by molar-refractivity contribution is 8.01. The second-order valence-corrected chi connectivity index (χ2v) is 4.48. The average molecular weight is 158 g/mol. The van der Waals surface area contributed by atoms with Gasteiger partial charge in [-0.25, -0.2) is 0 Å². The van der Waals surface area contributed by atoms with E-state index in [9.17, 15) is 0 Å². The van der Waals surface area contributed by atoms with Crippen LogP contribution < -0.4 is 0 Å². The van der Waals surface area contributed by atoms with Crippen molar-refractivity contribution in [2.24, 2.45) is 5.92 Å². The first kappa shape index (κ1) is 8.45. The molecule has 1 saturated heterocycles. The highest BCUT2D eigenvalue weighted by Gasteiger charge is 2.29. The van der Waals surface area contributed by atoms with Gasteiger partial charge in [-0.05, 0) is 24.5 Å². The minimum Gasteiger partial charge on any atom is -0.158 e. The Morgan fingerprint density at radius 3 is 2.30 bits per heavy atom. The Morgan fingerprint density at radius 1 is 1.20 bits per heavy atom.